The number of carbonyl (C=O) groups is 1. The van der Waals surface area contributed by atoms with Crippen LogP contribution >= 0.6 is 0 Å². The fraction of sp³-hybridized carbons (Fsp3) is 0.625. The molecule has 0 heterocycles. The second-order valence-corrected chi connectivity index (χ2v) is 3.10. The molecular weight excluding hydrogens is 147 g/mol. The molecule has 2 atom stereocenters. The molecule has 0 saturated heterocycles. The Morgan fingerprint density at radius 3 is 2.64 bits per heavy atom. The minimum Gasteiger partial charge on any atom is -0.469 e. The third kappa shape index (κ3) is 1.15. The number of hydrogen-bond acceptors (Lipinski definition) is 2. The molecule has 0 amide bonds. The highest BCUT2D eigenvalue weighted by atomic mass is 19.1. The lowest BCUT2D eigenvalue weighted by Gasteiger charge is -2.04. The molecule has 2 unspecified atom stereocenters. The Labute approximate surface area is 65.0 Å². The fourth-order valence-electron chi connectivity index (χ4n) is 1.15. The summed E-state index contributed by atoms with van der Waals surface area (Å²) < 4.78 is 17.1. The molecule has 0 aromatic heterocycles. The van der Waals surface area contributed by atoms with Crippen molar-refractivity contribution in [3.8, 4) is 0 Å². The molecular formula is C8H11FO2. The fourth-order valence-corrected chi connectivity index (χ4v) is 1.15. The molecule has 0 aliphatic heterocycles. The highest BCUT2D eigenvalue weighted by Gasteiger charge is 2.58. The van der Waals surface area contributed by atoms with E-state index in [1.807, 2.05) is 0 Å². The van der Waals surface area contributed by atoms with Gasteiger partial charge in [0.25, 0.3) is 0 Å². The van der Waals surface area contributed by atoms with Crippen LogP contribution in [0.25, 0.3) is 0 Å². The monoisotopic (exact) mass is 158 g/mol. The normalized spacial score (nSPS) is 34.6. The number of methoxy groups -OCH3 is 1. The average molecular weight is 158 g/mol. The quantitative estimate of drug-likeness (QED) is 0.571. The van der Waals surface area contributed by atoms with Gasteiger partial charge in [-0.1, -0.05) is 13.5 Å². The second-order valence-electron chi connectivity index (χ2n) is 3.10. The van der Waals surface area contributed by atoms with Gasteiger partial charge in [-0.3, -0.25) is 4.79 Å². The van der Waals surface area contributed by atoms with E-state index < -0.39 is 11.2 Å². The van der Waals surface area contributed by atoms with Gasteiger partial charge in [0.05, 0.1) is 18.9 Å². The number of carbonyl (C=O) groups excluding carboxylic acids is 1. The van der Waals surface area contributed by atoms with E-state index in [-0.39, 0.29) is 11.9 Å². The maximum Gasteiger partial charge on any atom is 0.309 e. The van der Waals surface area contributed by atoms with Crippen LogP contribution in [-0.4, -0.2) is 13.1 Å². The van der Waals surface area contributed by atoms with Crippen LogP contribution in [0.3, 0.4) is 0 Å². The molecule has 2 nitrogen and oxygen atoms in total. The Morgan fingerprint density at radius 1 is 1.82 bits per heavy atom. The molecule has 3 heteroatoms. The van der Waals surface area contributed by atoms with Gasteiger partial charge in [0.2, 0.25) is 0 Å². The van der Waals surface area contributed by atoms with Gasteiger partial charge in [-0.25, -0.2) is 4.39 Å². The zero-order valence-corrected chi connectivity index (χ0v) is 6.69. The van der Waals surface area contributed by atoms with Gasteiger partial charge in [-0.05, 0) is 6.42 Å². The Hall–Kier alpha value is -0.860. The van der Waals surface area contributed by atoms with Crippen molar-refractivity contribution in [1.29, 1.82) is 0 Å². The third-order valence-corrected chi connectivity index (χ3v) is 2.34. The lowest BCUT2D eigenvalue weighted by Crippen LogP contribution is -2.09. The lowest BCUT2D eigenvalue weighted by molar-refractivity contribution is -0.142. The molecule has 1 rings (SSSR count). The number of halogens is 1. The van der Waals surface area contributed by atoms with E-state index in [0.717, 1.165) is 0 Å². The first-order valence-corrected chi connectivity index (χ1v) is 3.45. The molecule has 0 N–H and O–H groups in total. The maximum absolute atomic E-state index is 12.6. The summed E-state index contributed by atoms with van der Waals surface area (Å²) in [6, 6.07) is 0. The molecule has 1 aliphatic carbocycles. The lowest BCUT2D eigenvalue weighted by atomic mass is 10.1. The zero-order valence-electron chi connectivity index (χ0n) is 6.69. The second kappa shape index (κ2) is 2.32. The van der Waals surface area contributed by atoms with Gasteiger partial charge >= 0.3 is 5.97 Å². The minimum atomic E-state index is -0.646. The smallest absolute Gasteiger partial charge is 0.309 e. The zero-order chi connectivity index (χ0) is 8.65. The van der Waals surface area contributed by atoms with Crippen molar-refractivity contribution in [3.63, 3.8) is 0 Å². The first-order chi connectivity index (χ1) is 5.02. The van der Waals surface area contributed by atoms with Crippen molar-refractivity contribution >= 4 is 5.97 Å². The van der Waals surface area contributed by atoms with Crippen LogP contribution in [0.5, 0.6) is 0 Å². The van der Waals surface area contributed by atoms with E-state index in [9.17, 15) is 9.18 Å². The van der Waals surface area contributed by atoms with E-state index in [4.69, 9.17) is 0 Å². The number of allylic oxidation sites excluding steroid dienone is 1. The van der Waals surface area contributed by atoms with Crippen LogP contribution in [0.4, 0.5) is 4.39 Å². The molecule has 1 saturated carbocycles. The molecule has 0 bridgehead atoms. The summed E-state index contributed by atoms with van der Waals surface area (Å²) in [4.78, 5) is 10.9. The van der Waals surface area contributed by atoms with Crippen LogP contribution in [0.1, 0.15) is 13.3 Å². The summed E-state index contributed by atoms with van der Waals surface area (Å²) >= 11 is 0. The van der Waals surface area contributed by atoms with Crippen molar-refractivity contribution in [2.45, 2.75) is 13.3 Å². The molecule has 1 fully saturated rings. The first kappa shape index (κ1) is 8.24. The predicted octanol–water partition coefficient (Wildman–Crippen LogP) is 1.67. The highest BCUT2D eigenvalue weighted by molar-refractivity contribution is 5.77. The Bertz CT molecular complexity index is 212. The van der Waals surface area contributed by atoms with Gasteiger partial charge in [-0.15, -0.1) is 0 Å². The molecule has 62 valence electrons. The summed E-state index contributed by atoms with van der Waals surface area (Å²) in [5.74, 6) is -1.08. The third-order valence-electron chi connectivity index (χ3n) is 2.34. The van der Waals surface area contributed by atoms with E-state index in [1.54, 1.807) is 6.92 Å². The van der Waals surface area contributed by atoms with Gasteiger partial charge in [-0.2, -0.15) is 0 Å². The Kier molecular flexibility index (Phi) is 1.74. The Morgan fingerprint density at radius 2 is 2.36 bits per heavy atom. The number of esters is 1. The predicted molar refractivity (Wildman–Crippen MR) is 38.5 cm³/mol. The van der Waals surface area contributed by atoms with E-state index in [1.165, 1.54) is 7.11 Å². The van der Waals surface area contributed by atoms with Crippen LogP contribution in [0.2, 0.25) is 0 Å². The molecule has 11 heavy (non-hydrogen) atoms. The van der Waals surface area contributed by atoms with Crippen molar-refractivity contribution in [2.24, 2.45) is 11.3 Å². The van der Waals surface area contributed by atoms with Crippen LogP contribution < -0.4 is 0 Å². The maximum atomic E-state index is 12.6. The minimum absolute atomic E-state index is 0.315. The van der Waals surface area contributed by atoms with Crippen LogP contribution in [-0.2, 0) is 9.53 Å². The number of rotatable bonds is 2. The molecule has 0 radical (unpaired) electrons. The largest absolute Gasteiger partial charge is 0.469 e. The first-order valence-electron chi connectivity index (χ1n) is 3.45. The van der Waals surface area contributed by atoms with E-state index >= 15 is 0 Å². The van der Waals surface area contributed by atoms with Crippen LogP contribution in [0.15, 0.2) is 12.4 Å². The van der Waals surface area contributed by atoms with E-state index in [2.05, 4.69) is 11.3 Å². The number of hydrogen-bond donors (Lipinski definition) is 0. The molecule has 0 aromatic rings. The summed E-state index contributed by atoms with van der Waals surface area (Å²) in [7, 11) is 1.31. The van der Waals surface area contributed by atoms with Crippen molar-refractivity contribution in [3.05, 3.63) is 12.4 Å². The standard InChI is InChI=1S/C8H11FO2/c1-5(9)8(2)4-6(8)7(10)11-3/h6H,1,4H2,2-3H3. The topological polar surface area (TPSA) is 26.3 Å². The van der Waals surface area contributed by atoms with Gasteiger partial charge in [0.15, 0.2) is 0 Å². The van der Waals surface area contributed by atoms with Crippen LogP contribution in [0, 0.1) is 11.3 Å². The van der Waals surface area contributed by atoms with Crippen molar-refractivity contribution < 1.29 is 13.9 Å². The van der Waals surface area contributed by atoms with Crippen molar-refractivity contribution in [1.82, 2.24) is 0 Å². The summed E-state index contributed by atoms with van der Waals surface area (Å²) in [5.41, 5.74) is -0.646. The van der Waals surface area contributed by atoms with Gasteiger partial charge in [0.1, 0.15) is 0 Å². The van der Waals surface area contributed by atoms with Gasteiger partial charge in [0, 0.05) is 5.41 Å². The average Bonchev–Trinajstić information content (AvgIpc) is 2.63. The Balaban J connectivity index is 2.60. The summed E-state index contributed by atoms with van der Waals surface area (Å²) in [5, 5.41) is 0. The van der Waals surface area contributed by atoms with Gasteiger partial charge < -0.3 is 4.74 Å². The summed E-state index contributed by atoms with van der Waals surface area (Å²) in [6.07, 6.45) is 0.523. The van der Waals surface area contributed by atoms with Crippen molar-refractivity contribution in [2.75, 3.05) is 7.11 Å². The van der Waals surface area contributed by atoms with E-state index in [0.29, 0.717) is 6.42 Å². The number of ether oxygens (including phenoxy) is 1. The summed E-state index contributed by atoms with van der Waals surface area (Å²) in [6.45, 7) is 4.86. The highest BCUT2D eigenvalue weighted by Crippen LogP contribution is 2.57. The SMILES string of the molecule is C=C(F)C1(C)CC1C(=O)OC. The molecule has 1 aliphatic rings. The molecule has 0 spiro atoms. The molecule has 0 aromatic carbocycles.